The van der Waals surface area contributed by atoms with Gasteiger partial charge in [-0.3, -0.25) is 20.0 Å². The molecule has 0 unspecified atom stereocenters. The first-order chi connectivity index (χ1) is 18.1. The lowest BCUT2D eigenvalue weighted by Gasteiger charge is -2.10. The summed E-state index contributed by atoms with van der Waals surface area (Å²) < 4.78 is 0. The van der Waals surface area contributed by atoms with E-state index < -0.39 is 0 Å². The molecular weight excluding hydrogens is 455 g/mol. The summed E-state index contributed by atoms with van der Waals surface area (Å²) in [6.45, 7) is 14.4. The molecule has 0 fully saturated rings. The van der Waals surface area contributed by atoms with Crippen molar-refractivity contribution in [2.45, 2.75) is 0 Å². The second kappa shape index (κ2) is 12.1. The fraction of sp³-hybridized carbons (Fsp3) is 0. The van der Waals surface area contributed by atoms with Crippen molar-refractivity contribution in [2.75, 3.05) is 0 Å². The molecule has 0 heterocycles. The summed E-state index contributed by atoms with van der Waals surface area (Å²) in [7, 11) is 1.57. The molecule has 4 rings (SSSR count). The van der Waals surface area contributed by atoms with Crippen molar-refractivity contribution in [1.29, 1.82) is 0 Å². The average molecular weight is 479 g/mol. The maximum absolute atomic E-state index is 4.79. The highest BCUT2D eigenvalue weighted by Gasteiger charge is 2.10. The predicted octanol–water partition coefficient (Wildman–Crippen LogP) is 6.92. The Bertz CT molecular complexity index is 1250. The van der Waals surface area contributed by atoms with E-state index in [1.54, 1.807) is 7.55 Å². The van der Waals surface area contributed by atoms with Crippen molar-refractivity contribution in [1.82, 2.24) is 0 Å². The molecule has 7 heteroatoms. The van der Waals surface area contributed by atoms with Crippen molar-refractivity contribution in [2.24, 2.45) is 29.8 Å². The van der Waals surface area contributed by atoms with Crippen molar-refractivity contribution >= 4 is 68.6 Å². The molecule has 0 N–H and O–H groups in total. The van der Waals surface area contributed by atoms with E-state index in [9.17, 15) is 0 Å². The van der Waals surface area contributed by atoms with Gasteiger partial charge in [0.15, 0.2) is 0 Å². The first-order valence-electron chi connectivity index (χ1n) is 11.4. The summed E-state index contributed by atoms with van der Waals surface area (Å²) in [5.41, 5.74) is 8.33. The number of benzene rings is 4. The lowest BCUT2D eigenvalue weighted by atomic mass is 9.98. The zero-order valence-corrected chi connectivity index (χ0v) is 20.3. The van der Waals surface area contributed by atoms with Crippen LogP contribution in [0.3, 0.4) is 0 Å². The second-order valence-corrected chi connectivity index (χ2v) is 7.89. The summed E-state index contributed by atoms with van der Waals surface area (Å²) in [4.78, 5) is 25.5. The topological polar surface area (TPSA) is 74.2 Å². The van der Waals surface area contributed by atoms with Gasteiger partial charge < -0.3 is 9.81 Å². The van der Waals surface area contributed by atoms with Crippen molar-refractivity contribution < 1.29 is 0 Å². The fourth-order valence-corrected chi connectivity index (χ4v) is 3.67. The van der Waals surface area contributed by atoms with E-state index in [0.29, 0.717) is 0 Å². The Hall–Kier alpha value is -5.04. The number of aliphatic imine (C=N–C) groups is 4. The van der Waals surface area contributed by atoms with Gasteiger partial charge in [0.25, 0.3) is 0 Å². The van der Waals surface area contributed by atoms with Crippen LogP contribution in [0.25, 0.3) is 0 Å². The molecule has 4 aromatic rings. The molecule has 0 saturated heterocycles. The second-order valence-electron chi connectivity index (χ2n) is 7.89. The van der Waals surface area contributed by atoms with Gasteiger partial charge in [-0.25, -0.2) is 0 Å². The monoisotopic (exact) mass is 479 g/mol. The largest absolute Gasteiger partial charge is 0.432 e. The van der Waals surface area contributed by atoms with Crippen LogP contribution in [0.4, 0.5) is 22.7 Å². The molecule has 1 radical (unpaired) electrons. The van der Waals surface area contributed by atoms with Crippen LogP contribution in [0.1, 0.15) is 22.3 Å². The minimum absolute atomic E-state index is 0.756. The number of rotatable bonds is 10. The van der Waals surface area contributed by atoms with Gasteiger partial charge in [-0.1, -0.05) is 48.5 Å². The van der Waals surface area contributed by atoms with Crippen LogP contribution >= 0.6 is 0 Å². The minimum atomic E-state index is 0.756. The maximum Gasteiger partial charge on any atom is 0.432 e. The summed E-state index contributed by atoms with van der Waals surface area (Å²) >= 11 is 0. The average Bonchev–Trinajstić information content (AvgIpc) is 2.98. The van der Waals surface area contributed by atoms with E-state index in [1.807, 2.05) is 97.1 Å². The summed E-state index contributed by atoms with van der Waals surface area (Å²) in [5, 5.41) is 0. The molecule has 177 valence electrons. The van der Waals surface area contributed by atoms with Crippen LogP contribution in [-0.2, 0) is 0 Å². The van der Waals surface area contributed by atoms with Crippen LogP contribution in [0, 0.1) is 0 Å². The molecule has 0 spiro atoms. The Labute approximate surface area is 217 Å². The van der Waals surface area contributed by atoms with E-state index in [2.05, 4.69) is 46.8 Å². The Morgan fingerprint density at radius 2 is 0.595 bits per heavy atom. The summed E-state index contributed by atoms with van der Waals surface area (Å²) in [6.07, 6.45) is 0. The van der Waals surface area contributed by atoms with E-state index in [1.165, 1.54) is 0 Å². The van der Waals surface area contributed by atoms with E-state index in [4.69, 9.17) is 9.81 Å². The lowest BCUT2D eigenvalue weighted by Crippen LogP contribution is -2.08. The molecule has 0 saturated carbocycles. The molecule has 0 aliphatic rings. The normalized spacial score (nSPS) is 10.1. The van der Waals surface area contributed by atoms with Crippen LogP contribution in [-0.4, -0.2) is 45.8 Å². The van der Waals surface area contributed by atoms with Crippen LogP contribution in [0.15, 0.2) is 127 Å². The number of nitrogens with zero attached hydrogens (tertiary/aromatic N) is 6. The standard InChI is InChI=1S/C30H24BN6/c1-32-25-13-5-21(6-14-25)29(22-7-15-26(33-2)16-8-22)36-31-37-30(23-9-17-27(34-3)18-10-23)24-11-19-28(35-4)20-12-24/h5-20H,1-4H2. The van der Waals surface area contributed by atoms with Gasteiger partial charge >= 0.3 is 7.55 Å². The number of hydrogen-bond acceptors (Lipinski definition) is 6. The van der Waals surface area contributed by atoms with Crippen LogP contribution < -0.4 is 0 Å². The molecule has 37 heavy (non-hydrogen) atoms. The van der Waals surface area contributed by atoms with Crippen LogP contribution in [0.5, 0.6) is 0 Å². The van der Waals surface area contributed by atoms with Crippen molar-refractivity contribution in [3.63, 3.8) is 0 Å². The van der Waals surface area contributed by atoms with Gasteiger partial charge in [-0.2, -0.15) is 0 Å². The first kappa shape index (κ1) is 25.1. The number of hydrogen-bond donors (Lipinski definition) is 0. The fourth-order valence-electron chi connectivity index (χ4n) is 3.67. The molecule has 0 aliphatic heterocycles. The molecule has 0 amide bonds. The van der Waals surface area contributed by atoms with Gasteiger partial charge in [-0.15, -0.1) is 0 Å². The van der Waals surface area contributed by atoms with Gasteiger partial charge in [0.2, 0.25) is 0 Å². The zero-order chi connectivity index (χ0) is 26.0. The maximum atomic E-state index is 4.79. The molecule has 0 aromatic heterocycles. The summed E-state index contributed by atoms with van der Waals surface area (Å²) in [6, 6.07) is 30.9. The smallest absolute Gasteiger partial charge is 0.315 e. The van der Waals surface area contributed by atoms with Gasteiger partial charge in [0.1, 0.15) is 0 Å². The van der Waals surface area contributed by atoms with Gasteiger partial charge in [0, 0.05) is 0 Å². The lowest BCUT2D eigenvalue weighted by molar-refractivity contribution is 1.49. The first-order valence-corrected chi connectivity index (χ1v) is 11.4. The minimum Gasteiger partial charge on any atom is -0.315 e. The highest BCUT2D eigenvalue weighted by molar-refractivity contribution is 6.41. The third kappa shape index (κ3) is 6.16. The Morgan fingerprint density at radius 1 is 0.378 bits per heavy atom. The van der Waals surface area contributed by atoms with E-state index >= 15 is 0 Å². The zero-order valence-electron chi connectivity index (χ0n) is 20.3. The highest BCUT2D eigenvalue weighted by Crippen LogP contribution is 2.21. The predicted molar refractivity (Wildman–Crippen MR) is 160 cm³/mol. The van der Waals surface area contributed by atoms with Crippen molar-refractivity contribution in [3.8, 4) is 0 Å². The molecule has 0 atom stereocenters. The SMILES string of the molecule is C=Nc1ccc(C(=N[B]N=C(c2ccc(N=C)cc2)c2ccc(N=C)cc2)c2ccc(N=C)cc2)cc1. The molecule has 4 aromatic carbocycles. The Balaban J connectivity index is 1.76. The highest BCUT2D eigenvalue weighted by atomic mass is 14.8. The van der Waals surface area contributed by atoms with Crippen molar-refractivity contribution in [3.05, 3.63) is 119 Å². The quantitative estimate of drug-likeness (QED) is 0.175. The summed E-state index contributed by atoms with van der Waals surface area (Å²) in [5.74, 6) is 0. The Morgan fingerprint density at radius 3 is 0.784 bits per heavy atom. The van der Waals surface area contributed by atoms with E-state index in [-0.39, 0.29) is 0 Å². The third-order valence-corrected chi connectivity index (χ3v) is 5.67. The molecule has 0 bridgehead atoms. The third-order valence-electron chi connectivity index (χ3n) is 5.67. The van der Waals surface area contributed by atoms with Gasteiger partial charge in [0.05, 0.1) is 34.2 Å². The van der Waals surface area contributed by atoms with Crippen LogP contribution in [0.2, 0.25) is 0 Å². The molecular formula is C30H24BN6. The molecule has 0 aliphatic carbocycles. The molecule has 6 nitrogen and oxygen atoms in total. The van der Waals surface area contributed by atoms with Gasteiger partial charge in [-0.05, 0) is 97.7 Å². The Kier molecular flexibility index (Phi) is 8.19. The van der Waals surface area contributed by atoms with E-state index in [0.717, 1.165) is 56.4 Å².